The second-order valence-electron chi connectivity index (χ2n) is 10.0. The summed E-state index contributed by atoms with van der Waals surface area (Å²) in [6, 6.07) is 17.8. The molecule has 0 radical (unpaired) electrons. The smallest absolute Gasteiger partial charge is 0.258 e. The molecule has 2 N–H and O–H groups in total. The molecule has 0 spiro atoms. The highest BCUT2D eigenvalue weighted by molar-refractivity contribution is 6.29. The van der Waals surface area contributed by atoms with Crippen LogP contribution in [0.2, 0.25) is 5.15 Å². The highest BCUT2D eigenvalue weighted by Crippen LogP contribution is 2.29. The van der Waals surface area contributed by atoms with Crippen molar-refractivity contribution in [1.82, 2.24) is 19.9 Å². The van der Waals surface area contributed by atoms with Gasteiger partial charge in [0.2, 0.25) is 5.95 Å². The molecule has 0 aliphatic carbocycles. The number of piperidine rings is 1. The normalized spacial score (nSPS) is 13.5. The van der Waals surface area contributed by atoms with Crippen LogP contribution >= 0.6 is 11.6 Å². The molecule has 41 heavy (non-hydrogen) atoms. The quantitative estimate of drug-likeness (QED) is 0.290. The third-order valence-corrected chi connectivity index (χ3v) is 7.39. The number of anilines is 2. The molecule has 208 valence electrons. The number of rotatable bonds is 6. The molecule has 5 rings (SSSR count). The molecule has 2 aromatic carbocycles. The van der Waals surface area contributed by atoms with Gasteiger partial charge in [-0.3, -0.25) is 19.7 Å². The van der Waals surface area contributed by atoms with Crippen LogP contribution in [0.5, 0.6) is 0 Å². The van der Waals surface area contributed by atoms with Crippen molar-refractivity contribution in [1.29, 1.82) is 0 Å². The number of hydrogen-bond acceptors (Lipinski definition) is 6. The third kappa shape index (κ3) is 6.75. The van der Waals surface area contributed by atoms with Gasteiger partial charge in [0, 0.05) is 48.0 Å². The molecule has 1 aliphatic rings. The largest absolute Gasteiger partial charge is 0.339 e. The lowest BCUT2D eigenvalue weighted by Crippen LogP contribution is -2.38. The lowest BCUT2D eigenvalue weighted by Gasteiger charge is -2.32. The number of benzene rings is 2. The fraction of sp³-hybridized carbons (Fsp3) is 0.226. The standard InChI is InChI=1S/C31H29ClN6O3/c1-19-3-4-24(17-26(19)36-29(40)25-9-10-27(32)34-18-25)30(41)38-15-12-22(13-16-38)21-5-7-23(8-6-21)28(39)37-31-33-14-11-20(2)35-31/h3-11,14,17-18,22H,12-13,15-16H2,1-2H3,(H,36,40)(H,33,35,37,39). The van der Waals surface area contributed by atoms with E-state index in [1.165, 1.54) is 6.20 Å². The minimum atomic E-state index is -0.324. The van der Waals surface area contributed by atoms with E-state index >= 15 is 0 Å². The Labute approximate surface area is 243 Å². The van der Waals surface area contributed by atoms with Gasteiger partial charge in [0.05, 0.1) is 5.56 Å². The lowest BCUT2D eigenvalue weighted by molar-refractivity contribution is 0.0712. The number of aromatic nitrogens is 3. The van der Waals surface area contributed by atoms with Crippen molar-refractivity contribution in [2.24, 2.45) is 0 Å². The zero-order chi connectivity index (χ0) is 28.9. The minimum absolute atomic E-state index is 0.0718. The number of carbonyl (C=O) groups excluding carboxylic acids is 3. The van der Waals surface area contributed by atoms with Crippen molar-refractivity contribution in [2.75, 3.05) is 23.7 Å². The Morgan fingerprint density at radius 1 is 0.829 bits per heavy atom. The topological polar surface area (TPSA) is 117 Å². The number of carbonyl (C=O) groups is 3. The maximum atomic E-state index is 13.3. The van der Waals surface area contributed by atoms with Gasteiger partial charge in [-0.15, -0.1) is 0 Å². The Morgan fingerprint density at radius 3 is 2.20 bits per heavy atom. The first kappa shape index (κ1) is 27.9. The van der Waals surface area contributed by atoms with Crippen molar-refractivity contribution in [3.05, 3.63) is 112 Å². The Hall–Kier alpha value is -4.63. The van der Waals surface area contributed by atoms with Gasteiger partial charge in [-0.25, -0.2) is 15.0 Å². The molecule has 9 nitrogen and oxygen atoms in total. The molecular formula is C31H29ClN6O3. The maximum Gasteiger partial charge on any atom is 0.258 e. The molecule has 10 heteroatoms. The van der Waals surface area contributed by atoms with E-state index in [2.05, 4.69) is 25.6 Å². The Morgan fingerprint density at radius 2 is 1.51 bits per heavy atom. The van der Waals surface area contributed by atoms with E-state index in [1.54, 1.807) is 48.7 Å². The van der Waals surface area contributed by atoms with Crippen LogP contribution in [-0.2, 0) is 0 Å². The summed E-state index contributed by atoms with van der Waals surface area (Å²) in [4.78, 5) is 52.7. The SMILES string of the molecule is Cc1ccnc(NC(=O)c2ccc(C3CCN(C(=O)c4ccc(C)c(NC(=O)c5ccc(Cl)nc5)c4)CC3)cc2)n1. The van der Waals surface area contributed by atoms with Crippen molar-refractivity contribution in [3.8, 4) is 0 Å². The van der Waals surface area contributed by atoms with Crippen LogP contribution in [0.3, 0.4) is 0 Å². The highest BCUT2D eigenvalue weighted by Gasteiger charge is 2.25. The van der Waals surface area contributed by atoms with Crippen LogP contribution < -0.4 is 10.6 Å². The summed E-state index contributed by atoms with van der Waals surface area (Å²) in [6.07, 6.45) is 4.64. The number of amides is 3. The van der Waals surface area contributed by atoms with Gasteiger partial charge >= 0.3 is 0 Å². The minimum Gasteiger partial charge on any atom is -0.339 e. The molecule has 0 saturated carbocycles. The second-order valence-corrected chi connectivity index (χ2v) is 10.4. The van der Waals surface area contributed by atoms with Gasteiger partial charge in [-0.05, 0) is 86.2 Å². The van der Waals surface area contributed by atoms with Crippen LogP contribution in [0.4, 0.5) is 11.6 Å². The van der Waals surface area contributed by atoms with Crippen LogP contribution in [0.1, 0.15) is 66.7 Å². The Balaban J connectivity index is 1.18. The zero-order valence-electron chi connectivity index (χ0n) is 22.7. The zero-order valence-corrected chi connectivity index (χ0v) is 23.5. The van der Waals surface area contributed by atoms with Gasteiger partial charge in [-0.1, -0.05) is 29.8 Å². The van der Waals surface area contributed by atoms with Gasteiger partial charge in [0.25, 0.3) is 17.7 Å². The summed E-state index contributed by atoms with van der Waals surface area (Å²) in [5, 5.41) is 5.90. The molecule has 1 aliphatic heterocycles. The number of halogens is 1. The number of nitrogens with one attached hydrogen (secondary N) is 2. The monoisotopic (exact) mass is 568 g/mol. The van der Waals surface area contributed by atoms with E-state index in [4.69, 9.17) is 11.6 Å². The molecular weight excluding hydrogens is 540 g/mol. The Bertz CT molecular complexity index is 1580. The van der Waals surface area contributed by atoms with Crippen LogP contribution in [0.15, 0.2) is 73.1 Å². The maximum absolute atomic E-state index is 13.3. The first-order chi connectivity index (χ1) is 19.8. The first-order valence-electron chi connectivity index (χ1n) is 13.3. The van der Waals surface area contributed by atoms with E-state index in [-0.39, 0.29) is 29.6 Å². The van der Waals surface area contributed by atoms with Crippen molar-refractivity contribution >= 4 is 41.0 Å². The highest BCUT2D eigenvalue weighted by atomic mass is 35.5. The van der Waals surface area contributed by atoms with Crippen LogP contribution in [0.25, 0.3) is 0 Å². The van der Waals surface area contributed by atoms with E-state index < -0.39 is 0 Å². The number of likely N-dealkylation sites (tertiary alicyclic amines) is 1. The summed E-state index contributed by atoms with van der Waals surface area (Å²) in [5.74, 6) is -0.0941. The third-order valence-electron chi connectivity index (χ3n) is 7.17. The average molecular weight is 569 g/mol. The first-order valence-corrected chi connectivity index (χ1v) is 13.7. The summed E-state index contributed by atoms with van der Waals surface area (Å²) in [7, 11) is 0. The average Bonchev–Trinajstić information content (AvgIpc) is 2.98. The predicted octanol–water partition coefficient (Wildman–Crippen LogP) is 5.67. The molecule has 0 atom stereocenters. The molecule has 3 amide bonds. The van der Waals surface area contributed by atoms with E-state index in [0.29, 0.717) is 40.6 Å². The van der Waals surface area contributed by atoms with Gasteiger partial charge < -0.3 is 10.2 Å². The molecule has 1 saturated heterocycles. The summed E-state index contributed by atoms with van der Waals surface area (Å²) in [6.45, 7) is 4.94. The second kappa shape index (κ2) is 12.3. The number of pyridine rings is 1. The molecule has 0 bridgehead atoms. The number of aryl methyl sites for hydroxylation is 2. The molecule has 1 fully saturated rings. The summed E-state index contributed by atoms with van der Waals surface area (Å²) in [5.41, 5.74) is 4.76. The fourth-order valence-electron chi connectivity index (χ4n) is 4.78. The fourth-order valence-corrected chi connectivity index (χ4v) is 4.89. The van der Waals surface area contributed by atoms with Gasteiger partial charge in [0.1, 0.15) is 5.15 Å². The van der Waals surface area contributed by atoms with Gasteiger partial charge in [-0.2, -0.15) is 0 Å². The molecule has 2 aromatic heterocycles. The lowest BCUT2D eigenvalue weighted by atomic mass is 9.88. The van der Waals surface area contributed by atoms with Crippen LogP contribution in [0, 0.1) is 13.8 Å². The molecule has 4 aromatic rings. The van der Waals surface area contributed by atoms with Crippen molar-refractivity contribution in [3.63, 3.8) is 0 Å². The van der Waals surface area contributed by atoms with E-state index in [9.17, 15) is 14.4 Å². The summed E-state index contributed by atoms with van der Waals surface area (Å²) < 4.78 is 0. The molecule has 0 unspecified atom stereocenters. The Kier molecular flexibility index (Phi) is 8.35. The predicted molar refractivity (Wildman–Crippen MR) is 157 cm³/mol. The van der Waals surface area contributed by atoms with E-state index in [1.807, 2.05) is 36.9 Å². The van der Waals surface area contributed by atoms with Crippen molar-refractivity contribution < 1.29 is 14.4 Å². The van der Waals surface area contributed by atoms with E-state index in [0.717, 1.165) is 29.7 Å². The summed E-state index contributed by atoms with van der Waals surface area (Å²) >= 11 is 5.82. The van der Waals surface area contributed by atoms with Crippen LogP contribution in [-0.4, -0.2) is 50.7 Å². The van der Waals surface area contributed by atoms with Gasteiger partial charge in [0.15, 0.2) is 0 Å². The number of nitrogens with zero attached hydrogens (tertiary/aromatic N) is 4. The molecule has 3 heterocycles. The number of hydrogen-bond donors (Lipinski definition) is 2. The van der Waals surface area contributed by atoms with Crippen molar-refractivity contribution in [2.45, 2.75) is 32.6 Å².